The van der Waals surface area contributed by atoms with Crippen LogP contribution < -0.4 is 9.47 Å². The summed E-state index contributed by atoms with van der Waals surface area (Å²) < 4.78 is 50.3. The smallest absolute Gasteiger partial charge is 0.416 e. The average Bonchev–Trinajstić information content (AvgIpc) is 2.73. The fourth-order valence-corrected chi connectivity index (χ4v) is 2.36. The fraction of sp³-hybridized carbons (Fsp3) is 0.0870. The molecule has 0 fully saturated rings. The van der Waals surface area contributed by atoms with E-state index < -0.39 is 11.7 Å². The van der Waals surface area contributed by atoms with Crippen molar-refractivity contribution in [2.24, 2.45) is 4.99 Å². The van der Waals surface area contributed by atoms with Crippen molar-refractivity contribution in [2.45, 2.75) is 13.1 Å². The second-order valence-corrected chi connectivity index (χ2v) is 6.11. The third-order valence-electron chi connectivity index (χ3n) is 3.82. The topological polar surface area (TPSA) is 30.8 Å². The van der Waals surface area contributed by atoms with Crippen LogP contribution in [0.4, 0.5) is 18.9 Å². The highest BCUT2D eigenvalue weighted by molar-refractivity contribution is 5.96. The van der Waals surface area contributed by atoms with Crippen LogP contribution in [0.1, 0.15) is 12.5 Å². The van der Waals surface area contributed by atoms with Crippen molar-refractivity contribution < 1.29 is 22.6 Å². The number of aliphatic imine (C=N–C) groups is 1. The Kier molecular flexibility index (Phi) is 6.34. The summed E-state index contributed by atoms with van der Waals surface area (Å²) in [6.07, 6.45) is -3.01. The average molecular weight is 397 g/mol. The lowest BCUT2D eigenvalue weighted by Crippen LogP contribution is -2.12. The second kappa shape index (κ2) is 9.10. The van der Waals surface area contributed by atoms with Crippen molar-refractivity contribution in [3.05, 3.63) is 102 Å². The van der Waals surface area contributed by atoms with E-state index in [9.17, 15) is 13.2 Å². The molecule has 3 aromatic rings. The number of rotatable bonds is 5. The highest BCUT2D eigenvalue weighted by Gasteiger charge is 2.30. The number of hydrogen-bond donors (Lipinski definition) is 0. The highest BCUT2D eigenvalue weighted by Crippen LogP contribution is 2.31. The van der Waals surface area contributed by atoms with Crippen molar-refractivity contribution in [1.82, 2.24) is 0 Å². The van der Waals surface area contributed by atoms with Gasteiger partial charge in [0.05, 0.1) is 17.5 Å². The molecule has 0 amide bonds. The Morgan fingerprint density at radius 1 is 0.828 bits per heavy atom. The van der Waals surface area contributed by atoms with Crippen LogP contribution >= 0.6 is 0 Å². The minimum absolute atomic E-state index is 0.0296. The highest BCUT2D eigenvalue weighted by atomic mass is 19.4. The number of ether oxygens (including phenoxy) is 2. The van der Waals surface area contributed by atoms with Crippen LogP contribution in [0.15, 0.2) is 102 Å². The first-order valence-corrected chi connectivity index (χ1v) is 8.79. The minimum Gasteiger partial charge on any atom is -0.465 e. The molecule has 0 spiro atoms. The first-order valence-electron chi connectivity index (χ1n) is 8.79. The normalized spacial score (nSPS) is 12.6. The molecule has 0 saturated carbocycles. The Labute approximate surface area is 166 Å². The number of hydrogen-bond acceptors (Lipinski definition) is 3. The van der Waals surface area contributed by atoms with Crippen molar-refractivity contribution in [3.8, 4) is 11.5 Å². The van der Waals surface area contributed by atoms with Gasteiger partial charge in [-0.2, -0.15) is 13.2 Å². The first kappa shape index (κ1) is 20.2. The van der Waals surface area contributed by atoms with Crippen LogP contribution in [-0.4, -0.2) is 5.90 Å². The molecule has 0 bridgehead atoms. The third-order valence-corrected chi connectivity index (χ3v) is 3.82. The van der Waals surface area contributed by atoms with Crippen LogP contribution in [-0.2, 0) is 6.18 Å². The number of benzene rings is 3. The monoisotopic (exact) mass is 397 g/mol. The van der Waals surface area contributed by atoms with Gasteiger partial charge in [-0.1, -0.05) is 42.5 Å². The summed E-state index contributed by atoms with van der Waals surface area (Å²) >= 11 is 0. The van der Waals surface area contributed by atoms with Gasteiger partial charge in [0.15, 0.2) is 0 Å². The Bertz CT molecular complexity index is 997. The van der Waals surface area contributed by atoms with Gasteiger partial charge in [0.1, 0.15) is 11.5 Å². The third kappa shape index (κ3) is 5.97. The number of nitrogens with zero attached hydrogens (tertiary/aromatic N) is 1. The lowest BCUT2D eigenvalue weighted by atomic mass is 10.2. The van der Waals surface area contributed by atoms with Crippen LogP contribution in [0.25, 0.3) is 0 Å². The Morgan fingerprint density at radius 2 is 1.45 bits per heavy atom. The zero-order chi connectivity index (χ0) is 20.7. The van der Waals surface area contributed by atoms with Crippen LogP contribution in [0.5, 0.6) is 11.5 Å². The molecule has 29 heavy (non-hydrogen) atoms. The van der Waals surface area contributed by atoms with E-state index >= 15 is 0 Å². The maximum Gasteiger partial charge on any atom is 0.416 e. The summed E-state index contributed by atoms with van der Waals surface area (Å²) in [7, 11) is 0. The van der Waals surface area contributed by atoms with Crippen LogP contribution in [0, 0.1) is 0 Å². The minimum atomic E-state index is -4.46. The molecule has 6 heteroatoms. The zero-order valence-corrected chi connectivity index (χ0v) is 15.6. The molecule has 148 valence electrons. The van der Waals surface area contributed by atoms with E-state index in [-0.39, 0.29) is 11.6 Å². The Hall–Kier alpha value is -3.54. The summed E-state index contributed by atoms with van der Waals surface area (Å²) in [5.74, 6) is 0.776. The van der Waals surface area contributed by atoms with Crippen molar-refractivity contribution in [1.29, 1.82) is 0 Å². The van der Waals surface area contributed by atoms with Crippen molar-refractivity contribution >= 4 is 11.6 Å². The molecule has 0 unspecified atom stereocenters. The zero-order valence-electron chi connectivity index (χ0n) is 15.6. The molecule has 0 aliphatic heterocycles. The molecule has 3 aromatic carbocycles. The van der Waals surface area contributed by atoms with Gasteiger partial charge in [0.2, 0.25) is 5.90 Å². The van der Waals surface area contributed by atoms with Crippen LogP contribution in [0.2, 0.25) is 0 Å². The van der Waals surface area contributed by atoms with E-state index in [1.54, 1.807) is 43.3 Å². The van der Waals surface area contributed by atoms with Gasteiger partial charge in [-0.15, -0.1) is 0 Å². The fourth-order valence-electron chi connectivity index (χ4n) is 2.36. The predicted molar refractivity (Wildman–Crippen MR) is 106 cm³/mol. The number of halogens is 3. The van der Waals surface area contributed by atoms with Crippen LogP contribution in [0.3, 0.4) is 0 Å². The summed E-state index contributed by atoms with van der Waals surface area (Å²) in [4.78, 5) is 4.42. The number of alkyl halides is 3. The first-order chi connectivity index (χ1) is 13.9. The molecule has 0 saturated heterocycles. The standard InChI is InChI=1S/C23H18F3NO2/c1-17(16-28-20-12-6-3-7-13-20)22(27-19-10-4-2-5-11-19)29-21-14-8-9-18(15-21)23(24,25)26/h2-16H,1H3/b17-16+,27-22?. The molecule has 0 atom stereocenters. The molecule has 0 aromatic heterocycles. The quantitative estimate of drug-likeness (QED) is 0.269. The summed E-state index contributed by atoms with van der Waals surface area (Å²) in [5.41, 5.74) is 0.313. The predicted octanol–water partition coefficient (Wildman–Crippen LogP) is 6.80. The summed E-state index contributed by atoms with van der Waals surface area (Å²) in [6, 6.07) is 22.7. The molecule has 0 N–H and O–H groups in total. The molecule has 0 radical (unpaired) electrons. The van der Waals surface area contributed by atoms with E-state index in [4.69, 9.17) is 9.47 Å². The van der Waals surface area contributed by atoms with Gasteiger partial charge in [0.25, 0.3) is 0 Å². The van der Waals surface area contributed by atoms with E-state index in [2.05, 4.69) is 4.99 Å². The molecular weight excluding hydrogens is 379 g/mol. The molecule has 3 nitrogen and oxygen atoms in total. The second-order valence-electron chi connectivity index (χ2n) is 6.11. The van der Waals surface area contributed by atoms with Gasteiger partial charge >= 0.3 is 6.18 Å². The molecule has 0 aliphatic rings. The summed E-state index contributed by atoms with van der Waals surface area (Å²) in [5, 5.41) is 0. The SMILES string of the molecule is C/C(=C\Oc1ccccc1)C(=Nc1ccccc1)Oc1cccc(C(F)(F)F)c1. The lowest BCUT2D eigenvalue weighted by Gasteiger charge is -2.12. The lowest BCUT2D eigenvalue weighted by molar-refractivity contribution is -0.137. The van der Waals surface area contributed by atoms with Gasteiger partial charge in [-0.3, -0.25) is 0 Å². The van der Waals surface area contributed by atoms with E-state index in [1.807, 2.05) is 24.3 Å². The van der Waals surface area contributed by atoms with E-state index in [0.717, 1.165) is 12.1 Å². The maximum absolute atomic E-state index is 13.0. The van der Waals surface area contributed by atoms with Crippen molar-refractivity contribution in [2.75, 3.05) is 0 Å². The van der Waals surface area contributed by atoms with Gasteiger partial charge in [-0.05, 0) is 49.4 Å². The number of para-hydroxylation sites is 2. The molecule has 0 heterocycles. The van der Waals surface area contributed by atoms with Gasteiger partial charge < -0.3 is 9.47 Å². The largest absolute Gasteiger partial charge is 0.465 e. The van der Waals surface area contributed by atoms with Crippen molar-refractivity contribution in [3.63, 3.8) is 0 Å². The van der Waals surface area contributed by atoms with Gasteiger partial charge in [-0.25, -0.2) is 4.99 Å². The van der Waals surface area contributed by atoms with E-state index in [1.165, 1.54) is 18.4 Å². The molecular formula is C23H18F3NO2. The summed E-state index contributed by atoms with van der Waals surface area (Å²) in [6.45, 7) is 1.71. The van der Waals surface area contributed by atoms with Gasteiger partial charge in [0, 0.05) is 5.57 Å². The molecule has 3 rings (SSSR count). The maximum atomic E-state index is 13.0. The van der Waals surface area contributed by atoms with E-state index in [0.29, 0.717) is 17.0 Å². The Morgan fingerprint density at radius 3 is 2.10 bits per heavy atom. The Balaban J connectivity index is 1.90. The molecule has 0 aliphatic carbocycles.